The van der Waals surface area contributed by atoms with Gasteiger partial charge in [0.25, 0.3) is 0 Å². The standard InChI is InChI=1S/C48H68OS.C26H38S.C22H31BrO.C4H9.Li/c1-39(2)20-15-21-40(3)22-16-23-41(4)25-18-28-44(7)36-48(50-47-32-13-10-14-33-47)37-45(8)29-19-26-42(5)24-17-27-43(6)34-35-49-38-46-30-11-9-12-31-46;1-22(2)12-9-13-23(3)14-10-15-24(4)16-11-17-25(5)20-21-27-26-18-7-6-8-19-26;1-19(10-8-12-21(3)17-23)9-7-11-20(2)15-16-24-18-22-13-5-4-6-14-22;1-3-4-2;/h9-14,20,22,24-25,29-34,36,48H,15-19,21,23,26-28,35,37-38H2,1-8H3;6-8,12,14,16,18-20H,9-11,13,15,17,21H2,1-5H3;4-6,9,12-15H,7-8,10-11,16-18H2,1-3H3;1,3-4H2,2H3;/q;;;-1;+1/b40-22+,41-25+,42-24+,43-34+,44-36+,45-29+;23-14+,24-16+,25-20+;19-9+,20-15+,21-12+;;. The van der Waals surface area contributed by atoms with Gasteiger partial charge in [-0.25, -0.2) is 0 Å². The van der Waals surface area contributed by atoms with Gasteiger partial charge in [0, 0.05) is 26.1 Å². The maximum absolute atomic E-state index is 5.82. The number of thioether (sulfide) groups is 2. The van der Waals surface area contributed by atoms with Crippen LogP contribution in [0, 0.1) is 6.92 Å². The first-order chi connectivity index (χ1) is 50.6. The van der Waals surface area contributed by atoms with Gasteiger partial charge in [0.15, 0.2) is 0 Å². The van der Waals surface area contributed by atoms with E-state index in [1.54, 1.807) is 0 Å². The zero-order chi connectivity index (χ0) is 77.3. The zero-order valence-electron chi connectivity index (χ0n) is 70.4. The molecule has 4 aromatic carbocycles. The fourth-order valence-corrected chi connectivity index (χ4v) is 13.3. The molecule has 0 fully saturated rings. The first-order valence-corrected chi connectivity index (χ1v) is 42.7. The molecule has 0 bridgehead atoms. The predicted molar refractivity (Wildman–Crippen MR) is 480 cm³/mol. The SMILES string of the molecule is C/C(=C\CC/C(C)=C/CC/C(C)=C/COCc1ccccc1)CBr.CC(C)=CCC/C(C)=C/CC/C(C)=C/CC/C(C)=C/C(C/C(C)=C/CC/C(C)=C/CC/C(C)=C/COCc1ccccc1)Sc1ccccc1.CC(C)=CCC/C(C)=C/CC/C(C)=C/CC/C(C)=C/CSc1ccccc1.[CH2-]CCC.[Li+]. The van der Waals surface area contributed by atoms with Crippen LogP contribution in [0.4, 0.5) is 0 Å². The molecule has 0 spiro atoms. The van der Waals surface area contributed by atoms with E-state index in [4.69, 9.17) is 9.47 Å². The van der Waals surface area contributed by atoms with Crippen molar-refractivity contribution in [2.45, 2.75) is 294 Å². The maximum Gasteiger partial charge on any atom is 1.00 e. The fourth-order valence-electron chi connectivity index (χ4n) is 10.8. The molecule has 0 aliphatic heterocycles. The zero-order valence-corrected chi connectivity index (χ0v) is 73.7. The Balaban J connectivity index is 0.00000165. The van der Waals surface area contributed by atoms with E-state index in [0.717, 1.165) is 114 Å². The molecule has 0 saturated carbocycles. The van der Waals surface area contributed by atoms with Crippen molar-refractivity contribution in [1.82, 2.24) is 0 Å². The second kappa shape index (κ2) is 69.2. The average Bonchev–Trinajstić information content (AvgIpc) is 0.917. The Morgan fingerprint density at radius 1 is 0.349 bits per heavy atom. The fraction of sp³-hybridized carbons (Fsp3) is 0.470. The van der Waals surface area contributed by atoms with Crippen LogP contribution in [0.1, 0.15) is 277 Å². The second-order valence-electron chi connectivity index (χ2n) is 29.3. The first-order valence-electron chi connectivity index (χ1n) is 39.7. The van der Waals surface area contributed by atoms with Gasteiger partial charge in [0.2, 0.25) is 0 Å². The van der Waals surface area contributed by atoms with Gasteiger partial charge >= 0.3 is 18.9 Å². The molecule has 0 saturated heterocycles. The Kier molecular flexibility index (Phi) is 65.9. The average molecular weight is 1530 g/mol. The topological polar surface area (TPSA) is 18.5 Å². The number of rotatable bonds is 48. The number of halogens is 1. The molecule has 578 valence electrons. The van der Waals surface area contributed by atoms with E-state index in [0.29, 0.717) is 31.7 Å². The Labute approximate surface area is 682 Å². The third-order valence-corrected chi connectivity index (χ3v) is 20.7. The number of benzene rings is 4. The molecule has 106 heavy (non-hydrogen) atoms. The molecule has 0 amide bonds. The molecule has 2 nitrogen and oxygen atoms in total. The molecule has 4 aromatic rings. The smallest absolute Gasteiger partial charge is 0.373 e. The number of unbranched alkanes of at least 4 members (excludes halogenated alkanes) is 1. The third-order valence-electron chi connectivity index (χ3n) is 17.8. The van der Waals surface area contributed by atoms with Gasteiger partial charge in [0.1, 0.15) is 0 Å². The van der Waals surface area contributed by atoms with E-state index in [2.05, 4.69) is 323 Å². The van der Waals surface area contributed by atoms with E-state index in [-0.39, 0.29) is 18.9 Å². The van der Waals surface area contributed by atoms with Crippen LogP contribution in [0.25, 0.3) is 0 Å². The van der Waals surface area contributed by atoms with Gasteiger partial charge in [0.05, 0.1) is 26.4 Å². The van der Waals surface area contributed by atoms with Crippen molar-refractivity contribution < 1.29 is 28.3 Å². The minimum atomic E-state index is 0. The summed E-state index contributed by atoms with van der Waals surface area (Å²) in [5, 5.41) is 1.42. The Morgan fingerprint density at radius 3 is 0.943 bits per heavy atom. The summed E-state index contributed by atoms with van der Waals surface area (Å²) in [6, 6.07) is 42.2. The van der Waals surface area contributed by atoms with Crippen LogP contribution < -0.4 is 18.9 Å². The predicted octanol–water partition coefficient (Wildman–Crippen LogP) is 29.8. The molecule has 4 rings (SSSR count). The second-order valence-corrected chi connectivity index (χ2v) is 32.3. The van der Waals surface area contributed by atoms with Crippen molar-refractivity contribution in [1.29, 1.82) is 0 Å². The van der Waals surface area contributed by atoms with E-state index < -0.39 is 0 Å². The molecule has 0 heterocycles. The van der Waals surface area contributed by atoms with Crippen molar-refractivity contribution in [3.05, 3.63) is 302 Å². The van der Waals surface area contributed by atoms with Gasteiger partial charge in [-0.1, -0.05) is 289 Å². The summed E-state index contributed by atoms with van der Waals surface area (Å²) in [6.07, 6.45) is 59.6. The van der Waals surface area contributed by atoms with E-state index in [1.165, 1.54) is 144 Å². The van der Waals surface area contributed by atoms with Crippen molar-refractivity contribution in [2.24, 2.45) is 0 Å². The van der Waals surface area contributed by atoms with Gasteiger partial charge < -0.3 is 16.4 Å². The van der Waals surface area contributed by atoms with Gasteiger partial charge in [-0.15, -0.1) is 23.5 Å². The molecular weight excluding hydrogens is 1380 g/mol. The first kappa shape index (κ1) is 101. The number of hydrogen-bond acceptors (Lipinski definition) is 4. The number of allylic oxidation sites excluding steroid dienone is 24. The van der Waals surface area contributed by atoms with Crippen LogP contribution in [0.2, 0.25) is 0 Å². The Hall–Kier alpha value is -5.06. The van der Waals surface area contributed by atoms with E-state index >= 15 is 0 Å². The monoisotopic (exact) mass is 1530 g/mol. The van der Waals surface area contributed by atoms with Gasteiger partial charge in [-0.2, -0.15) is 6.42 Å². The van der Waals surface area contributed by atoms with Crippen LogP contribution >= 0.6 is 39.5 Å². The third kappa shape index (κ3) is 63.8. The minimum absolute atomic E-state index is 0. The number of ether oxygens (including phenoxy) is 2. The molecular formula is C100H146BrLiO2S2. The summed E-state index contributed by atoms with van der Waals surface area (Å²) in [5.41, 5.74) is 23.0. The van der Waals surface area contributed by atoms with Crippen LogP contribution in [-0.2, 0) is 22.7 Å². The summed E-state index contributed by atoms with van der Waals surface area (Å²) in [5.74, 6) is 1.06. The summed E-state index contributed by atoms with van der Waals surface area (Å²) >= 11 is 7.38. The Bertz CT molecular complexity index is 3320. The molecule has 0 radical (unpaired) electrons. The number of hydrogen-bond donors (Lipinski definition) is 0. The van der Waals surface area contributed by atoms with Crippen LogP contribution in [0.5, 0.6) is 0 Å². The molecule has 0 N–H and O–H groups in total. The van der Waals surface area contributed by atoms with Gasteiger partial charge in [-0.05, 0) is 281 Å². The summed E-state index contributed by atoms with van der Waals surface area (Å²) in [6.45, 7) is 44.3. The molecule has 0 aromatic heterocycles. The number of alkyl halides is 1. The summed E-state index contributed by atoms with van der Waals surface area (Å²) in [7, 11) is 0. The van der Waals surface area contributed by atoms with E-state index in [9.17, 15) is 0 Å². The normalized spacial score (nSPS) is 13.3. The summed E-state index contributed by atoms with van der Waals surface area (Å²) in [4.78, 5) is 2.70. The van der Waals surface area contributed by atoms with Crippen molar-refractivity contribution in [2.75, 3.05) is 24.3 Å². The molecule has 1 unspecified atom stereocenters. The summed E-state index contributed by atoms with van der Waals surface area (Å²) < 4.78 is 11.5. The molecule has 1 atom stereocenters. The van der Waals surface area contributed by atoms with Crippen LogP contribution in [0.15, 0.2) is 294 Å². The van der Waals surface area contributed by atoms with Gasteiger partial charge in [-0.3, -0.25) is 0 Å². The minimum Gasteiger partial charge on any atom is -0.373 e. The van der Waals surface area contributed by atoms with Crippen molar-refractivity contribution >= 4 is 39.5 Å². The van der Waals surface area contributed by atoms with E-state index in [1.807, 2.05) is 47.8 Å². The van der Waals surface area contributed by atoms with Crippen molar-refractivity contribution in [3.63, 3.8) is 0 Å². The maximum atomic E-state index is 5.82. The Morgan fingerprint density at radius 2 is 0.623 bits per heavy atom. The quantitative estimate of drug-likeness (QED) is 0.0110. The van der Waals surface area contributed by atoms with Crippen molar-refractivity contribution in [3.8, 4) is 0 Å². The molecule has 0 aliphatic rings. The molecule has 0 aliphatic carbocycles. The largest absolute Gasteiger partial charge is 1.00 e. The van der Waals surface area contributed by atoms with Crippen LogP contribution in [-0.4, -0.2) is 29.5 Å². The molecule has 6 heteroatoms. The van der Waals surface area contributed by atoms with Crippen LogP contribution in [0.3, 0.4) is 0 Å².